The number of carbonyl (C=O) groups is 3. The number of aromatic amines is 1. The summed E-state index contributed by atoms with van der Waals surface area (Å²) in [5, 5.41) is 2.97. The van der Waals surface area contributed by atoms with Gasteiger partial charge in [-0.15, -0.1) is 0 Å². The van der Waals surface area contributed by atoms with E-state index in [9.17, 15) is 18.8 Å². The number of nitrogens with one attached hydrogen (secondary N) is 2. The molecule has 1 aromatic heterocycles. The molecule has 2 heterocycles. The molecule has 10 heteroatoms. The van der Waals surface area contributed by atoms with E-state index in [1.807, 2.05) is 0 Å². The molecule has 2 N–H and O–H groups in total. The zero-order valence-electron chi connectivity index (χ0n) is 24.0. The normalized spacial score (nSPS) is 13.6. The Kier molecular flexibility index (Phi) is 9.24. The van der Waals surface area contributed by atoms with Gasteiger partial charge in [0.25, 0.3) is 11.8 Å². The molecule has 2 aromatic carbocycles. The van der Waals surface area contributed by atoms with Crippen LogP contribution in [0.15, 0.2) is 42.5 Å². The molecule has 4 rings (SSSR count). The molecule has 216 valence electrons. The van der Waals surface area contributed by atoms with Crippen molar-refractivity contribution in [1.29, 1.82) is 0 Å². The first kappa shape index (κ1) is 29.5. The van der Waals surface area contributed by atoms with Crippen molar-refractivity contribution in [2.45, 2.75) is 27.7 Å². The van der Waals surface area contributed by atoms with E-state index in [2.05, 4.69) is 29.0 Å². The number of aryl methyl sites for hydroxylation is 1. The van der Waals surface area contributed by atoms with Crippen molar-refractivity contribution in [1.82, 2.24) is 15.2 Å². The van der Waals surface area contributed by atoms with E-state index in [1.165, 1.54) is 30.2 Å². The van der Waals surface area contributed by atoms with Crippen LogP contribution < -0.4 is 15.0 Å². The molecule has 0 saturated heterocycles. The SMILES string of the molecule is CCN(CC)CCNC(=O)c1c(C)[nH]c(/C=C2\C(=O)N(COC(=O)c3ccc(OC)cc3)c3ccc(F)cc32)c1C. The number of amides is 2. The molecule has 0 saturated carbocycles. The summed E-state index contributed by atoms with van der Waals surface area (Å²) in [7, 11) is 1.53. The Morgan fingerprint density at radius 1 is 1.10 bits per heavy atom. The third-order valence-electron chi connectivity index (χ3n) is 7.27. The predicted octanol–water partition coefficient (Wildman–Crippen LogP) is 4.55. The molecule has 0 fully saturated rings. The fourth-order valence-electron chi connectivity index (χ4n) is 4.89. The molecule has 0 radical (unpaired) electrons. The van der Waals surface area contributed by atoms with E-state index in [1.54, 1.807) is 44.2 Å². The first-order valence-corrected chi connectivity index (χ1v) is 13.5. The van der Waals surface area contributed by atoms with E-state index in [-0.39, 0.29) is 18.2 Å². The lowest BCUT2D eigenvalue weighted by molar-refractivity contribution is -0.113. The first-order valence-electron chi connectivity index (χ1n) is 13.5. The lowest BCUT2D eigenvalue weighted by Gasteiger charge is -2.18. The number of ether oxygens (including phenoxy) is 2. The van der Waals surface area contributed by atoms with Crippen LogP contribution in [-0.4, -0.2) is 67.7 Å². The molecule has 0 atom stereocenters. The molecule has 1 aliphatic rings. The number of aromatic nitrogens is 1. The van der Waals surface area contributed by atoms with Crippen LogP contribution in [0.25, 0.3) is 11.6 Å². The van der Waals surface area contributed by atoms with Crippen LogP contribution in [0.2, 0.25) is 0 Å². The van der Waals surface area contributed by atoms with Crippen molar-refractivity contribution >= 4 is 35.1 Å². The largest absolute Gasteiger partial charge is 0.497 e. The van der Waals surface area contributed by atoms with Gasteiger partial charge >= 0.3 is 5.97 Å². The highest BCUT2D eigenvalue weighted by Crippen LogP contribution is 2.38. The number of hydrogen-bond acceptors (Lipinski definition) is 6. The van der Waals surface area contributed by atoms with Crippen molar-refractivity contribution in [3.05, 3.63) is 81.9 Å². The number of esters is 1. The van der Waals surface area contributed by atoms with Gasteiger partial charge in [0.2, 0.25) is 0 Å². The van der Waals surface area contributed by atoms with Crippen LogP contribution in [0.4, 0.5) is 10.1 Å². The van der Waals surface area contributed by atoms with E-state index in [0.29, 0.717) is 51.6 Å². The van der Waals surface area contributed by atoms with Gasteiger partial charge in [-0.25, -0.2) is 9.18 Å². The van der Waals surface area contributed by atoms with Crippen LogP contribution in [0.1, 0.15) is 57.1 Å². The van der Waals surface area contributed by atoms with Gasteiger partial charge in [-0.05, 0) is 81.0 Å². The van der Waals surface area contributed by atoms with Gasteiger partial charge in [-0.3, -0.25) is 14.5 Å². The molecule has 2 amide bonds. The highest BCUT2D eigenvalue weighted by Gasteiger charge is 2.34. The Morgan fingerprint density at radius 2 is 1.80 bits per heavy atom. The molecule has 0 aliphatic carbocycles. The third kappa shape index (κ3) is 6.33. The lowest BCUT2D eigenvalue weighted by Crippen LogP contribution is -2.35. The number of H-pyrrole nitrogens is 1. The summed E-state index contributed by atoms with van der Waals surface area (Å²) >= 11 is 0. The summed E-state index contributed by atoms with van der Waals surface area (Å²) in [6.07, 6.45) is 1.61. The number of likely N-dealkylation sites (N-methyl/N-ethyl adjacent to an activating group) is 1. The molecular weight excluding hydrogens is 527 g/mol. The van der Waals surface area contributed by atoms with Crippen molar-refractivity contribution in [2.24, 2.45) is 0 Å². The molecule has 0 bridgehead atoms. The molecule has 3 aromatic rings. The number of fused-ring (bicyclic) bond motifs is 1. The smallest absolute Gasteiger partial charge is 0.339 e. The van der Waals surface area contributed by atoms with Crippen LogP contribution in [0.3, 0.4) is 0 Å². The Balaban J connectivity index is 1.56. The number of rotatable bonds is 11. The average Bonchev–Trinajstić information content (AvgIpc) is 3.40. The number of benzene rings is 2. The van der Waals surface area contributed by atoms with E-state index in [0.717, 1.165) is 19.6 Å². The predicted molar refractivity (Wildman–Crippen MR) is 155 cm³/mol. The number of nitrogens with zero attached hydrogens (tertiary/aromatic N) is 2. The third-order valence-corrected chi connectivity index (χ3v) is 7.27. The summed E-state index contributed by atoms with van der Waals surface area (Å²) in [5.74, 6) is -1.19. The summed E-state index contributed by atoms with van der Waals surface area (Å²) < 4.78 is 24.8. The van der Waals surface area contributed by atoms with Crippen molar-refractivity contribution in [2.75, 3.05) is 44.9 Å². The van der Waals surface area contributed by atoms with Crippen molar-refractivity contribution in [3.8, 4) is 5.75 Å². The Bertz CT molecular complexity index is 1470. The maximum absolute atomic E-state index is 14.3. The van der Waals surface area contributed by atoms with Gasteiger partial charge in [0.05, 0.1) is 29.5 Å². The number of methoxy groups -OCH3 is 1. The van der Waals surface area contributed by atoms with Crippen LogP contribution in [-0.2, 0) is 9.53 Å². The topological polar surface area (TPSA) is 104 Å². The monoisotopic (exact) mass is 562 g/mol. The van der Waals surface area contributed by atoms with Crippen LogP contribution in [0.5, 0.6) is 5.75 Å². The second kappa shape index (κ2) is 12.8. The molecule has 0 spiro atoms. The molecule has 0 unspecified atom stereocenters. The van der Waals surface area contributed by atoms with Gasteiger partial charge in [0.15, 0.2) is 6.73 Å². The summed E-state index contributed by atoms with van der Waals surface area (Å²) in [5.41, 5.74) is 3.70. The van der Waals surface area contributed by atoms with E-state index < -0.39 is 17.7 Å². The number of hydrogen-bond donors (Lipinski definition) is 2. The van der Waals surface area contributed by atoms with Crippen LogP contribution in [0, 0.1) is 19.7 Å². The minimum atomic E-state index is -0.617. The Labute approximate surface area is 238 Å². The van der Waals surface area contributed by atoms with Gasteiger partial charge < -0.3 is 24.7 Å². The lowest BCUT2D eigenvalue weighted by atomic mass is 10.0. The minimum absolute atomic E-state index is 0.204. The second-order valence-corrected chi connectivity index (χ2v) is 9.69. The van der Waals surface area contributed by atoms with E-state index >= 15 is 0 Å². The summed E-state index contributed by atoms with van der Waals surface area (Å²) in [4.78, 5) is 45.9. The van der Waals surface area contributed by atoms with Crippen molar-refractivity contribution in [3.63, 3.8) is 0 Å². The van der Waals surface area contributed by atoms with Gasteiger partial charge in [0.1, 0.15) is 11.6 Å². The Morgan fingerprint density at radius 3 is 2.46 bits per heavy atom. The van der Waals surface area contributed by atoms with Crippen LogP contribution >= 0.6 is 0 Å². The fraction of sp³-hybridized carbons (Fsp3) is 0.323. The van der Waals surface area contributed by atoms with Crippen molar-refractivity contribution < 1.29 is 28.2 Å². The summed E-state index contributed by atoms with van der Waals surface area (Å²) in [6, 6.07) is 10.4. The zero-order chi connectivity index (χ0) is 29.7. The molecule has 9 nitrogen and oxygen atoms in total. The number of halogens is 1. The minimum Gasteiger partial charge on any atom is -0.497 e. The standard InChI is InChI=1S/C31H35FN4O5/c1-6-35(7-2)15-14-33-29(37)28-19(3)26(34-20(28)4)17-25-24-16-22(32)10-13-27(24)36(30(25)38)18-41-31(39)21-8-11-23(40-5)12-9-21/h8-13,16-17,34H,6-7,14-15,18H2,1-5H3,(H,33,37)/b25-17-. The first-order chi connectivity index (χ1) is 19.7. The number of carbonyl (C=O) groups excluding carboxylic acids is 3. The maximum atomic E-state index is 14.3. The highest BCUT2D eigenvalue weighted by molar-refractivity contribution is 6.35. The maximum Gasteiger partial charge on any atom is 0.339 e. The Hall–Kier alpha value is -4.44. The summed E-state index contributed by atoms with van der Waals surface area (Å²) in [6.45, 7) is 10.4. The highest BCUT2D eigenvalue weighted by atomic mass is 19.1. The zero-order valence-corrected chi connectivity index (χ0v) is 24.0. The fourth-order valence-corrected chi connectivity index (χ4v) is 4.89. The molecule has 41 heavy (non-hydrogen) atoms. The van der Waals surface area contributed by atoms with Gasteiger partial charge in [-0.2, -0.15) is 0 Å². The molecular formula is C31H35FN4O5. The van der Waals surface area contributed by atoms with E-state index in [4.69, 9.17) is 9.47 Å². The quantitative estimate of drug-likeness (QED) is 0.263. The average molecular weight is 563 g/mol. The second-order valence-electron chi connectivity index (χ2n) is 9.69. The van der Waals surface area contributed by atoms with Gasteiger partial charge in [0, 0.05) is 30.0 Å². The van der Waals surface area contributed by atoms with Gasteiger partial charge in [-0.1, -0.05) is 13.8 Å². The molecule has 1 aliphatic heterocycles. The number of anilines is 1.